The van der Waals surface area contributed by atoms with Crippen LogP contribution in [0, 0.1) is 0 Å². The molecule has 1 aromatic carbocycles. The molecule has 8 nitrogen and oxygen atoms in total. The van der Waals surface area contributed by atoms with Gasteiger partial charge in [-0.15, -0.1) is 10.2 Å². The predicted molar refractivity (Wildman–Crippen MR) is 79.0 cm³/mol. The number of aromatic amines is 1. The van der Waals surface area contributed by atoms with Crippen LogP contribution in [0.1, 0.15) is 12.2 Å². The van der Waals surface area contributed by atoms with Crippen LogP contribution < -0.4 is 5.73 Å². The molecule has 0 radical (unpaired) electrons. The Morgan fingerprint density at radius 2 is 2.10 bits per heavy atom. The van der Waals surface area contributed by atoms with Gasteiger partial charge in [0.2, 0.25) is 11.1 Å². The molecule has 3 N–H and O–H groups in total. The van der Waals surface area contributed by atoms with Crippen LogP contribution in [0.5, 0.6) is 0 Å². The standard InChI is InChI=1S/C12H14N8S/c13-11-14-12(17-16-11)21-8-4-7-10-15-18-19-20(10)9-5-2-1-3-6-9/h1-3,5-6H,4,7-8H2,(H3,13,14,16,17). The Bertz CT molecular complexity index is 692. The molecule has 0 atom stereocenters. The highest BCUT2D eigenvalue weighted by atomic mass is 32.2. The van der Waals surface area contributed by atoms with Crippen molar-refractivity contribution in [3.05, 3.63) is 36.2 Å². The maximum Gasteiger partial charge on any atom is 0.216 e. The van der Waals surface area contributed by atoms with Gasteiger partial charge >= 0.3 is 0 Å². The number of nitrogens with two attached hydrogens (primary N) is 1. The molecule has 2 heterocycles. The maximum atomic E-state index is 5.47. The molecule has 0 unspecified atom stereocenters. The van der Waals surface area contributed by atoms with Crippen LogP contribution in [0.15, 0.2) is 35.5 Å². The number of para-hydroxylation sites is 1. The third-order valence-electron chi connectivity index (χ3n) is 2.79. The molecule has 0 aliphatic rings. The number of nitrogens with zero attached hydrogens (tertiary/aromatic N) is 6. The van der Waals surface area contributed by atoms with Gasteiger partial charge in [-0.05, 0) is 29.0 Å². The number of rotatable bonds is 6. The second kappa shape index (κ2) is 6.35. The van der Waals surface area contributed by atoms with Crippen LogP contribution in [0.2, 0.25) is 0 Å². The lowest BCUT2D eigenvalue weighted by molar-refractivity contribution is 0.747. The summed E-state index contributed by atoms with van der Waals surface area (Å²) < 4.78 is 1.76. The van der Waals surface area contributed by atoms with Gasteiger partial charge < -0.3 is 5.73 Å². The molecular formula is C12H14N8S. The van der Waals surface area contributed by atoms with Crippen LogP contribution in [-0.4, -0.2) is 41.1 Å². The number of anilines is 1. The van der Waals surface area contributed by atoms with E-state index in [1.165, 1.54) is 0 Å². The summed E-state index contributed by atoms with van der Waals surface area (Å²) in [6, 6.07) is 9.84. The zero-order chi connectivity index (χ0) is 14.5. The summed E-state index contributed by atoms with van der Waals surface area (Å²) in [5.41, 5.74) is 6.44. The Kier molecular flexibility index (Phi) is 4.10. The lowest BCUT2D eigenvalue weighted by Crippen LogP contribution is -2.03. The molecule has 0 bridgehead atoms. The quantitative estimate of drug-likeness (QED) is 0.518. The summed E-state index contributed by atoms with van der Waals surface area (Å²) >= 11 is 1.55. The van der Waals surface area contributed by atoms with E-state index in [1.807, 2.05) is 30.3 Å². The summed E-state index contributed by atoms with van der Waals surface area (Å²) in [6.45, 7) is 0. The van der Waals surface area contributed by atoms with Crippen molar-refractivity contribution in [2.75, 3.05) is 11.5 Å². The number of nitrogens with one attached hydrogen (secondary N) is 1. The van der Waals surface area contributed by atoms with Gasteiger partial charge in [-0.2, -0.15) is 9.67 Å². The van der Waals surface area contributed by atoms with Gasteiger partial charge in [-0.25, -0.2) is 5.10 Å². The first kappa shape index (κ1) is 13.6. The minimum absolute atomic E-state index is 0.338. The van der Waals surface area contributed by atoms with Crippen LogP contribution in [0.4, 0.5) is 5.95 Å². The number of hydrogen-bond acceptors (Lipinski definition) is 7. The minimum Gasteiger partial charge on any atom is -0.368 e. The summed E-state index contributed by atoms with van der Waals surface area (Å²) in [7, 11) is 0. The van der Waals surface area contributed by atoms with Crippen molar-refractivity contribution in [1.82, 2.24) is 35.4 Å². The zero-order valence-electron chi connectivity index (χ0n) is 11.2. The van der Waals surface area contributed by atoms with Gasteiger partial charge in [0.05, 0.1) is 5.69 Å². The van der Waals surface area contributed by atoms with E-state index in [4.69, 9.17) is 5.73 Å². The second-order valence-electron chi connectivity index (χ2n) is 4.30. The Morgan fingerprint density at radius 1 is 1.24 bits per heavy atom. The second-order valence-corrected chi connectivity index (χ2v) is 5.36. The van der Waals surface area contributed by atoms with Gasteiger partial charge in [-0.3, -0.25) is 0 Å². The van der Waals surface area contributed by atoms with E-state index >= 15 is 0 Å². The van der Waals surface area contributed by atoms with E-state index in [1.54, 1.807) is 16.4 Å². The van der Waals surface area contributed by atoms with Gasteiger partial charge in [0.15, 0.2) is 5.82 Å². The number of hydrogen-bond donors (Lipinski definition) is 2. The summed E-state index contributed by atoms with van der Waals surface area (Å²) in [5.74, 6) is 2.06. The minimum atomic E-state index is 0.338. The van der Waals surface area contributed by atoms with E-state index in [2.05, 4.69) is 30.7 Å². The van der Waals surface area contributed by atoms with Crippen molar-refractivity contribution in [3.63, 3.8) is 0 Å². The molecule has 0 amide bonds. The third-order valence-corrected chi connectivity index (χ3v) is 3.73. The highest BCUT2D eigenvalue weighted by Gasteiger charge is 2.08. The summed E-state index contributed by atoms with van der Waals surface area (Å²) in [5, 5.41) is 19.1. The fraction of sp³-hybridized carbons (Fsp3) is 0.250. The fourth-order valence-electron chi connectivity index (χ4n) is 1.85. The molecule has 0 saturated heterocycles. The number of benzene rings is 1. The Hall–Kier alpha value is -2.42. The fourth-order valence-corrected chi connectivity index (χ4v) is 2.59. The molecule has 9 heteroatoms. The highest BCUT2D eigenvalue weighted by Crippen LogP contribution is 2.15. The summed E-state index contributed by atoms with van der Waals surface area (Å²) in [4.78, 5) is 4.04. The molecule has 0 aliphatic heterocycles. The smallest absolute Gasteiger partial charge is 0.216 e. The van der Waals surface area contributed by atoms with Crippen molar-refractivity contribution in [3.8, 4) is 5.69 Å². The first-order chi connectivity index (χ1) is 10.3. The van der Waals surface area contributed by atoms with Crippen LogP contribution in [0.25, 0.3) is 5.69 Å². The molecule has 0 fully saturated rings. The van der Waals surface area contributed by atoms with Crippen molar-refractivity contribution in [2.24, 2.45) is 0 Å². The molecule has 0 saturated carbocycles. The van der Waals surface area contributed by atoms with Gasteiger partial charge in [-0.1, -0.05) is 30.0 Å². The summed E-state index contributed by atoms with van der Waals surface area (Å²) in [6.07, 6.45) is 1.71. The zero-order valence-corrected chi connectivity index (χ0v) is 12.0. The van der Waals surface area contributed by atoms with Crippen LogP contribution >= 0.6 is 11.8 Å². The van der Waals surface area contributed by atoms with Crippen LogP contribution in [-0.2, 0) is 6.42 Å². The first-order valence-corrected chi connectivity index (χ1v) is 7.45. The number of tetrazole rings is 1. The van der Waals surface area contributed by atoms with Crippen molar-refractivity contribution in [2.45, 2.75) is 18.0 Å². The molecule has 0 aliphatic carbocycles. The van der Waals surface area contributed by atoms with Crippen molar-refractivity contribution >= 4 is 17.7 Å². The Morgan fingerprint density at radius 3 is 2.86 bits per heavy atom. The van der Waals surface area contributed by atoms with E-state index in [-0.39, 0.29) is 0 Å². The maximum absolute atomic E-state index is 5.47. The van der Waals surface area contributed by atoms with E-state index in [0.717, 1.165) is 30.1 Å². The van der Waals surface area contributed by atoms with Gasteiger partial charge in [0.1, 0.15) is 0 Å². The largest absolute Gasteiger partial charge is 0.368 e. The van der Waals surface area contributed by atoms with Crippen molar-refractivity contribution in [1.29, 1.82) is 0 Å². The number of aromatic nitrogens is 7. The van der Waals surface area contributed by atoms with E-state index < -0.39 is 0 Å². The average molecular weight is 302 g/mol. The molecule has 0 spiro atoms. The molecule has 108 valence electrons. The van der Waals surface area contributed by atoms with E-state index in [9.17, 15) is 0 Å². The van der Waals surface area contributed by atoms with Crippen molar-refractivity contribution < 1.29 is 0 Å². The lowest BCUT2D eigenvalue weighted by Gasteiger charge is -2.03. The molecule has 21 heavy (non-hydrogen) atoms. The molecule has 3 aromatic rings. The Balaban J connectivity index is 1.55. The third kappa shape index (κ3) is 3.37. The van der Waals surface area contributed by atoms with E-state index in [0.29, 0.717) is 11.1 Å². The first-order valence-electron chi connectivity index (χ1n) is 6.46. The topological polar surface area (TPSA) is 111 Å². The predicted octanol–water partition coefficient (Wildman–Crippen LogP) is 1.09. The highest BCUT2D eigenvalue weighted by molar-refractivity contribution is 7.99. The van der Waals surface area contributed by atoms with Gasteiger partial charge in [0, 0.05) is 12.2 Å². The van der Waals surface area contributed by atoms with Gasteiger partial charge in [0.25, 0.3) is 0 Å². The Labute approximate surface area is 125 Å². The number of H-pyrrole nitrogens is 1. The molecular weight excluding hydrogens is 288 g/mol. The number of thioether (sulfide) groups is 1. The number of aryl methyl sites for hydroxylation is 1. The SMILES string of the molecule is Nc1nc(SCCCc2nnnn2-c2ccccc2)n[nH]1. The molecule has 2 aromatic heterocycles. The average Bonchev–Trinajstić information content (AvgIpc) is 3.13. The monoisotopic (exact) mass is 302 g/mol. The van der Waals surface area contributed by atoms with Crippen LogP contribution in [0.3, 0.4) is 0 Å². The lowest BCUT2D eigenvalue weighted by atomic mass is 10.3. The number of nitrogen functional groups attached to an aromatic ring is 1. The molecule has 3 rings (SSSR count). The normalized spacial score (nSPS) is 10.9.